The number of ether oxygens (including phenoxy) is 1. The first-order chi connectivity index (χ1) is 9.02. The molecule has 5 heteroatoms. The van der Waals surface area contributed by atoms with Crippen molar-refractivity contribution in [2.75, 3.05) is 7.11 Å². The van der Waals surface area contributed by atoms with Crippen molar-refractivity contribution in [3.8, 4) is 5.75 Å². The molecule has 2 aromatic carbocycles. The summed E-state index contributed by atoms with van der Waals surface area (Å²) in [6.07, 6.45) is 0. The minimum Gasteiger partial charge on any atom is -0.496 e. The Morgan fingerprint density at radius 1 is 1.21 bits per heavy atom. The Balaban J connectivity index is 2.52. The predicted octanol–water partition coefficient (Wildman–Crippen LogP) is 4.48. The van der Waals surface area contributed by atoms with Crippen molar-refractivity contribution in [2.24, 2.45) is 0 Å². The van der Waals surface area contributed by atoms with E-state index in [-0.39, 0.29) is 16.1 Å². The molecule has 0 aromatic heterocycles. The van der Waals surface area contributed by atoms with E-state index in [4.69, 9.17) is 16.3 Å². The molecule has 19 heavy (non-hydrogen) atoms. The molecule has 0 atom stereocenters. The van der Waals surface area contributed by atoms with Crippen LogP contribution in [0.25, 0.3) is 0 Å². The van der Waals surface area contributed by atoms with Gasteiger partial charge in [0.15, 0.2) is 5.78 Å². The first-order valence-corrected chi connectivity index (χ1v) is 6.53. The summed E-state index contributed by atoms with van der Waals surface area (Å²) >= 11 is 8.94. The molecular formula is C14H9BrClFO2. The van der Waals surface area contributed by atoms with E-state index in [0.717, 1.165) is 6.07 Å². The molecule has 0 unspecified atom stereocenters. The number of hydrogen-bond acceptors (Lipinski definition) is 2. The van der Waals surface area contributed by atoms with Crippen LogP contribution >= 0.6 is 27.5 Å². The molecule has 0 N–H and O–H groups in total. The lowest BCUT2D eigenvalue weighted by molar-refractivity contribution is 0.103. The molecule has 2 nitrogen and oxygen atoms in total. The van der Waals surface area contributed by atoms with Crippen molar-refractivity contribution in [3.05, 3.63) is 62.8 Å². The first-order valence-electron chi connectivity index (χ1n) is 5.36. The summed E-state index contributed by atoms with van der Waals surface area (Å²) in [6.45, 7) is 0. The van der Waals surface area contributed by atoms with Crippen molar-refractivity contribution < 1.29 is 13.9 Å². The molecule has 0 radical (unpaired) electrons. The lowest BCUT2D eigenvalue weighted by atomic mass is 10.0. The van der Waals surface area contributed by atoms with Gasteiger partial charge in [0.05, 0.1) is 18.2 Å². The van der Waals surface area contributed by atoms with Crippen LogP contribution in [0.1, 0.15) is 15.9 Å². The van der Waals surface area contributed by atoms with E-state index < -0.39 is 11.6 Å². The topological polar surface area (TPSA) is 26.3 Å². The summed E-state index contributed by atoms with van der Waals surface area (Å²) in [6, 6.07) is 8.93. The molecular weight excluding hydrogens is 335 g/mol. The first kappa shape index (κ1) is 14.0. The highest BCUT2D eigenvalue weighted by molar-refractivity contribution is 9.10. The van der Waals surface area contributed by atoms with Crippen molar-refractivity contribution in [1.82, 2.24) is 0 Å². The Morgan fingerprint density at radius 2 is 1.95 bits per heavy atom. The maximum atomic E-state index is 13.8. The number of halogens is 3. The lowest BCUT2D eigenvalue weighted by Gasteiger charge is -2.09. The molecule has 0 spiro atoms. The number of methoxy groups -OCH3 is 1. The lowest BCUT2D eigenvalue weighted by Crippen LogP contribution is -2.06. The minimum absolute atomic E-state index is 0.0409. The van der Waals surface area contributed by atoms with Gasteiger partial charge in [0.25, 0.3) is 0 Å². The SMILES string of the molecule is COc1ccc(Br)cc1C(=O)c1ccc(Cl)cc1F. The van der Waals surface area contributed by atoms with Gasteiger partial charge in [0, 0.05) is 9.50 Å². The van der Waals surface area contributed by atoms with Gasteiger partial charge in [-0.15, -0.1) is 0 Å². The monoisotopic (exact) mass is 342 g/mol. The number of rotatable bonds is 3. The highest BCUT2D eigenvalue weighted by atomic mass is 79.9. The van der Waals surface area contributed by atoms with Crippen LogP contribution in [0, 0.1) is 5.82 Å². The second kappa shape index (κ2) is 5.72. The highest BCUT2D eigenvalue weighted by Gasteiger charge is 2.18. The van der Waals surface area contributed by atoms with Gasteiger partial charge in [0.1, 0.15) is 11.6 Å². The third-order valence-electron chi connectivity index (χ3n) is 2.58. The van der Waals surface area contributed by atoms with Gasteiger partial charge in [-0.3, -0.25) is 4.79 Å². The predicted molar refractivity (Wildman–Crippen MR) is 75.5 cm³/mol. The molecule has 0 aliphatic rings. The molecule has 0 saturated heterocycles. The quantitative estimate of drug-likeness (QED) is 0.768. The van der Waals surface area contributed by atoms with Crippen molar-refractivity contribution >= 4 is 33.3 Å². The van der Waals surface area contributed by atoms with E-state index in [1.807, 2.05) is 0 Å². The zero-order chi connectivity index (χ0) is 14.0. The Morgan fingerprint density at radius 3 is 2.58 bits per heavy atom. The number of ketones is 1. The summed E-state index contributed by atoms with van der Waals surface area (Å²) < 4.78 is 19.6. The number of benzene rings is 2. The zero-order valence-electron chi connectivity index (χ0n) is 9.91. The molecule has 0 aliphatic carbocycles. The van der Waals surface area contributed by atoms with E-state index in [1.165, 1.54) is 19.2 Å². The van der Waals surface area contributed by atoms with Crippen molar-refractivity contribution in [3.63, 3.8) is 0 Å². The fourth-order valence-electron chi connectivity index (χ4n) is 1.68. The second-order valence-corrected chi connectivity index (χ2v) is 5.15. The van der Waals surface area contributed by atoms with Crippen molar-refractivity contribution in [2.45, 2.75) is 0 Å². The Kier molecular flexibility index (Phi) is 4.22. The van der Waals surface area contributed by atoms with E-state index in [2.05, 4.69) is 15.9 Å². The molecule has 0 amide bonds. The molecule has 0 saturated carbocycles. The van der Waals surface area contributed by atoms with Crippen LogP contribution < -0.4 is 4.74 Å². The van der Waals surface area contributed by atoms with E-state index in [1.54, 1.807) is 18.2 Å². The smallest absolute Gasteiger partial charge is 0.199 e. The molecule has 2 rings (SSSR count). The normalized spacial score (nSPS) is 10.3. The molecule has 2 aromatic rings. The van der Waals surface area contributed by atoms with Crippen LogP contribution in [0.3, 0.4) is 0 Å². The van der Waals surface area contributed by atoms with Gasteiger partial charge in [0.2, 0.25) is 0 Å². The molecule has 0 bridgehead atoms. The third kappa shape index (κ3) is 2.96. The summed E-state index contributed by atoms with van der Waals surface area (Å²) in [7, 11) is 1.46. The van der Waals surface area contributed by atoms with E-state index in [9.17, 15) is 9.18 Å². The molecule has 0 fully saturated rings. The van der Waals surface area contributed by atoms with Crippen LogP contribution in [-0.2, 0) is 0 Å². The average Bonchev–Trinajstić information content (AvgIpc) is 2.38. The van der Waals surface area contributed by atoms with Crippen LogP contribution in [-0.4, -0.2) is 12.9 Å². The maximum absolute atomic E-state index is 13.8. The second-order valence-electron chi connectivity index (χ2n) is 3.80. The van der Waals surface area contributed by atoms with Crippen LogP contribution in [0.4, 0.5) is 4.39 Å². The number of hydrogen-bond donors (Lipinski definition) is 0. The van der Waals surface area contributed by atoms with Crippen LogP contribution in [0.15, 0.2) is 40.9 Å². The minimum atomic E-state index is -0.653. The standard InChI is InChI=1S/C14H9BrClFO2/c1-19-13-5-2-8(15)6-11(13)14(18)10-4-3-9(16)7-12(10)17/h2-7H,1H3. The average molecular weight is 344 g/mol. The summed E-state index contributed by atoms with van der Waals surface area (Å²) in [4.78, 5) is 12.3. The summed E-state index contributed by atoms with van der Waals surface area (Å²) in [5, 5.41) is 0.246. The van der Waals surface area contributed by atoms with Gasteiger partial charge in [-0.1, -0.05) is 27.5 Å². The van der Waals surface area contributed by atoms with E-state index >= 15 is 0 Å². The van der Waals surface area contributed by atoms with Gasteiger partial charge in [-0.2, -0.15) is 0 Å². The van der Waals surface area contributed by atoms with Crippen LogP contribution in [0.5, 0.6) is 5.75 Å². The van der Waals surface area contributed by atoms with Crippen molar-refractivity contribution in [1.29, 1.82) is 0 Å². The van der Waals surface area contributed by atoms with Gasteiger partial charge in [-0.25, -0.2) is 4.39 Å². The van der Waals surface area contributed by atoms with Crippen LogP contribution in [0.2, 0.25) is 5.02 Å². The molecule has 0 aliphatic heterocycles. The fraction of sp³-hybridized carbons (Fsp3) is 0.0714. The summed E-state index contributed by atoms with van der Waals surface area (Å²) in [5.74, 6) is -0.714. The molecule has 0 heterocycles. The zero-order valence-corrected chi connectivity index (χ0v) is 12.3. The van der Waals surface area contributed by atoms with Gasteiger partial charge < -0.3 is 4.74 Å². The largest absolute Gasteiger partial charge is 0.496 e. The number of carbonyl (C=O) groups excluding carboxylic acids is 1. The maximum Gasteiger partial charge on any atom is 0.199 e. The van der Waals surface area contributed by atoms with Gasteiger partial charge in [-0.05, 0) is 36.4 Å². The Labute approximate surface area is 123 Å². The Hall–Kier alpha value is -1.39. The molecule has 98 valence electrons. The Bertz CT molecular complexity index is 643. The number of carbonyl (C=O) groups is 1. The fourth-order valence-corrected chi connectivity index (χ4v) is 2.20. The third-order valence-corrected chi connectivity index (χ3v) is 3.31. The van der Waals surface area contributed by atoms with Gasteiger partial charge >= 0.3 is 0 Å². The van der Waals surface area contributed by atoms with E-state index in [0.29, 0.717) is 10.2 Å². The highest BCUT2D eigenvalue weighted by Crippen LogP contribution is 2.27. The summed E-state index contributed by atoms with van der Waals surface area (Å²) in [5.41, 5.74) is 0.249.